The molecule has 1 aliphatic heterocycles. The number of piperazine rings is 1. The highest BCUT2D eigenvalue weighted by atomic mass is 16.5. The zero-order chi connectivity index (χ0) is 25.3. The molecule has 7 heteroatoms. The molecule has 1 saturated carbocycles. The summed E-state index contributed by atoms with van der Waals surface area (Å²) < 4.78 is 10.7. The van der Waals surface area contributed by atoms with Crippen LogP contribution in [-0.2, 0) is 4.79 Å². The summed E-state index contributed by atoms with van der Waals surface area (Å²) in [5.41, 5.74) is 1.61. The molecule has 0 radical (unpaired) electrons. The van der Waals surface area contributed by atoms with Gasteiger partial charge in [0.05, 0.1) is 14.2 Å². The molecule has 2 amide bonds. The van der Waals surface area contributed by atoms with E-state index < -0.39 is 0 Å². The van der Waals surface area contributed by atoms with Crippen LogP contribution in [0.5, 0.6) is 11.5 Å². The second-order valence-electron chi connectivity index (χ2n) is 9.42. The minimum absolute atomic E-state index is 0.0128. The van der Waals surface area contributed by atoms with E-state index in [0.29, 0.717) is 24.6 Å². The summed E-state index contributed by atoms with van der Waals surface area (Å²) in [6.45, 7) is 5.11. The Bertz CT molecular complexity index is 1040. The van der Waals surface area contributed by atoms with E-state index in [1.807, 2.05) is 70.5 Å². The van der Waals surface area contributed by atoms with Crippen LogP contribution in [0.25, 0.3) is 6.08 Å². The van der Waals surface area contributed by atoms with Gasteiger partial charge in [-0.1, -0.05) is 36.8 Å². The van der Waals surface area contributed by atoms with E-state index in [2.05, 4.69) is 4.90 Å². The molecule has 0 spiro atoms. The minimum Gasteiger partial charge on any atom is -0.497 e. The van der Waals surface area contributed by atoms with Gasteiger partial charge in [-0.2, -0.15) is 0 Å². The Morgan fingerprint density at radius 1 is 0.972 bits per heavy atom. The molecule has 4 rings (SSSR count). The van der Waals surface area contributed by atoms with Crippen molar-refractivity contribution >= 4 is 17.9 Å². The Morgan fingerprint density at radius 2 is 1.69 bits per heavy atom. The van der Waals surface area contributed by atoms with Crippen LogP contribution in [0.4, 0.5) is 0 Å². The lowest BCUT2D eigenvalue weighted by molar-refractivity contribution is -0.139. The van der Waals surface area contributed by atoms with Crippen molar-refractivity contribution in [2.75, 3.05) is 60.0 Å². The van der Waals surface area contributed by atoms with Crippen molar-refractivity contribution < 1.29 is 19.1 Å². The van der Waals surface area contributed by atoms with Crippen LogP contribution < -0.4 is 9.47 Å². The summed E-state index contributed by atoms with van der Waals surface area (Å²) in [5, 5.41) is 0. The molecule has 1 aliphatic carbocycles. The maximum atomic E-state index is 13.4. The lowest BCUT2D eigenvalue weighted by Crippen LogP contribution is -2.52. The first-order chi connectivity index (χ1) is 17.6. The van der Waals surface area contributed by atoms with E-state index >= 15 is 0 Å². The Morgan fingerprint density at radius 3 is 2.33 bits per heavy atom. The standard InChI is InChI=1S/C29H37N3O4/c1-35-26-14-12-25(13-15-26)29(34)31(16-6-10-23-7-3-4-11-27(23)36-2)20-17-30-18-21-32(22-19-30)28(33)24-8-5-9-24/h3-4,6-7,10-15,24H,5,8-9,16-22H2,1-2H3. The number of methoxy groups -OCH3 is 2. The molecule has 1 saturated heterocycles. The molecular formula is C29H37N3O4. The zero-order valence-electron chi connectivity index (χ0n) is 21.4. The van der Waals surface area contributed by atoms with Crippen LogP contribution in [0, 0.1) is 5.92 Å². The topological polar surface area (TPSA) is 62.3 Å². The van der Waals surface area contributed by atoms with Crippen molar-refractivity contribution in [2.24, 2.45) is 5.92 Å². The number of ether oxygens (including phenoxy) is 2. The van der Waals surface area contributed by atoms with Gasteiger partial charge in [-0.05, 0) is 43.2 Å². The molecular weight excluding hydrogens is 454 g/mol. The SMILES string of the molecule is COc1ccc(C(=O)N(CC=Cc2ccccc2OC)CCN2CCN(C(=O)C3CCC3)CC2)cc1. The molecule has 0 atom stereocenters. The van der Waals surface area contributed by atoms with Crippen LogP contribution in [-0.4, -0.2) is 86.5 Å². The average Bonchev–Trinajstić information content (AvgIpc) is 2.89. The third kappa shape index (κ3) is 6.46. The number of benzene rings is 2. The second-order valence-corrected chi connectivity index (χ2v) is 9.42. The minimum atomic E-state index is -0.0128. The van der Waals surface area contributed by atoms with Crippen LogP contribution >= 0.6 is 0 Å². The lowest BCUT2D eigenvalue weighted by Gasteiger charge is -2.38. The van der Waals surface area contributed by atoms with Crippen molar-refractivity contribution in [1.29, 1.82) is 0 Å². The molecule has 0 N–H and O–H groups in total. The van der Waals surface area contributed by atoms with Crippen molar-refractivity contribution in [1.82, 2.24) is 14.7 Å². The summed E-state index contributed by atoms with van der Waals surface area (Å²) in [7, 11) is 3.27. The summed E-state index contributed by atoms with van der Waals surface area (Å²) in [6.07, 6.45) is 7.28. The number of carbonyl (C=O) groups excluding carboxylic acids is 2. The van der Waals surface area contributed by atoms with Crippen LogP contribution in [0.1, 0.15) is 35.2 Å². The molecule has 7 nitrogen and oxygen atoms in total. The van der Waals surface area contributed by atoms with Gasteiger partial charge in [0, 0.05) is 62.9 Å². The van der Waals surface area contributed by atoms with Gasteiger partial charge >= 0.3 is 0 Å². The van der Waals surface area contributed by atoms with Gasteiger partial charge in [-0.25, -0.2) is 0 Å². The highest BCUT2D eigenvalue weighted by Gasteiger charge is 2.31. The summed E-state index contributed by atoms with van der Waals surface area (Å²) in [5.74, 6) is 2.10. The predicted molar refractivity (Wildman–Crippen MR) is 141 cm³/mol. The van der Waals surface area contributed by atoms with E-state index in [1.165, 1.54) is 6.42 Å². The first-order valence-corrected chi connectivity index (χ1v) is 12.8. The van der Waals surface area contributed by atoms with Gasteiger partial charge in [0.15, 0.2) is 0 Å². The quantitative estimate of drug-likeness (QED) is 0.506. The molecule has 1 heterocycles. The maximum Gasteiger partial charge on any atom is 0.254 e. The third-order valence-corrected chi connectivity index (χ3v) is 7.21. The Hall–Kier alpha value is -3.32. The molecule has 2 aromatic carbocycles. The Kier molecular flexibility index (Phi) is 9.01. The summed E-state index contributed by atoms with van der Waals surface area (Å²) in [6, 6.07) is 15.1. The lowest BCUT2D eigenvalue weighted by atomic mass is 9.84. The molecule has 36 heavy (non-hydrogen) atoms. The van der Waals surface area contributed by atoms with E-state index in [9.17, 15) is 9.59 Å². The monoisotopic (exact) mass is 491 g/mol. The van der Waals surface area contributed by atoms with E-state index in [-0.39, 0.29) is 11.8 Å². The van der Waals surface area contributed by atoms with Gasteiger partial charge < -0.3 is 19.3 Å². The predicted octanol–water partition coefficient (Wildman–Crippen LogP) is 3.80. The number of hydrogen-bond donors (Lipinski definition) is 0. The number of hydrogen-bond acceptors (Lipinski definition) is 5. The second kappa shape index (κ2) is 12.6. The summed E-state index contributed by atoms with van der Waals surface area (Å²) >= 11 is 0. The molecule has 2 aromatic rings. The third-order valence-electron chi connectivity index (χ3n) is 7.21. The van der Waals surface area contributed by atoms with Gasteiger partial charge in [0.2, 0.25) is 5.91 Å². The maximum absolute atomic E-state index is 13.4. The molecule has 2 aliphatic rings. The number of para-hydroxylation sites is 1. The first-order valence-electron chi connectivity index (χ1n) is 12.8. The summed E-state index contributed by atoms with van der Waals surface area (Å²) in [4.78, 5) is 32.2. The Balaban J connectivity index is 1.37. The normalized spacial score (nSPS) is 16.6. The van der Waals surface area contributed by atoms with Crippen molar-refractivity contribution in [2.45, 2.75) is 19.3 Å². The zero-order valence-corrected chi connectivity index (χ0v) is 21.4. The first kappa shape index (κ1) is 25.8. The average molecular weight is 492 g/mol. The number of nitrogens with zero attached hydrogens (tertiary/aromatic N) is 3. The van der Waals surface area contributed by atoms with Gasteiger partial charge in [-0.3, -0.25) is 14.5 Å². The fourth-order valence-electron chi connectivity index (χ4n) is 4.67. The van der Waals surface area contributed by atoms with E-state index in [4.69, 9.17) is 9.47 Å². The molecule has 192 valence electrons. The van der Waals surface area contributed by atoms with Crippen LogP contribution in [0.15, 0.2) is 54.6 Å². The van der Waals surface area contributed by atoms with Gasteiger partial charge in [0.25, 0.3) is 5.91 Å². The van der Waals surface area contributed by atoms with E-state index in [0.717, 1.165) is 62.6 Å². The molecule has 0 aromatic heterocycles. The number of amides is 2. The fourth-order valence-corrected chi connectivity index (χ4v) is 4.67. The van der Waals surface area contributed by atoms with Crippen molar-refractivity contribution in [3.8, 4) is 11.5 Å². The smallest absolute Gasteiger partial charge is 0.254 e. The molecule has 2 fully saturated rings. The largest absolute Gasteiger partial charge is 0.497 e. The Labute approximate surface area is 214 Å². The molecule has 0 unspecified atom stereocenters. The van der Waals surface area contributed by atoms with Crippen molar-refractivity contribution in [3.05, 3.63) is 65.7 Å². The van der Waals surface area contributed by atoms with Crippen LogP contribution in [0.3, 0.4) is 0 Å². The van der Waals surface area contributed by atoms with Crippen molar-refractivity contribution in [3.63, 3.8) is 0 Å². The van der Waals surface area contributed by atoms with Crippen LogP contribution in [0.2, 0.25) is 0 Å². The highest BCUT2D eigenvalue weighted by molar-refractivity contribution is 5.94. The number of rotatable bonds is 10. The fraction of sp³-hybridized carbons (Fsp3) is 0.448. The molecule has 0 bridgehead atoms. The van der Waals surface area contributed by atoms with E-state index in [1.54, 1.807) is 14.2 Å². The number of carbonyl (C=O) groups is 2. The highest BCUT2D eigenvalue weighted by Crippen LogP contribution is 2.28. The van der Waals surface area contributed by atoms with Gasteiger partial charge in [0.1, 0.15) is 11.5 Å². The van der Waals surface area contributed by atoms with Gasteiger partial charge in [-0.15, -0.1) is 0 Å².